The van der Waals surface area contributed by atoms with Gasteiger partial charge in [-0.3, -0.25) is 4.99 Å². The van der Waals surface area contributed by atoms with Gasteiger partial charge < -0.3 is 5.73 Å². The monoisotopic (exact) mass is 152 g/mol. The van der Waals surface area contributed by atoms with Gasteiger partial charge in [0.15, 0.2) is 0 Å². The first-order valence-corrected chi connectivity index (χ1v) is 4.49. The van der Waals surface area contributed by atoms with Gasteiger partial charge in [-0.05, 0) is 31.1 Å². The molecule has 2 aliphatic carbocycles. The SMILES string of the molecule is CC1(CN=C(N)C2CC2)CC1. The molecule has 2 saturated carbocycles. The van der Waals surface area contributed by atoms with E-state index in [4.69, 9.17) is 5.73 Å². The molecule has 0 saturated heterocycles. The van der Waals surface area contributed by atoms with E-state index >= 15 is 0 Å². The van der Waals surface area contributed by atoms with Gasteiger partial charge in [-0.2, -0.15) is 0 Å². The zero-order chi connectivity index (χ0) is 7.90. The molecule has 0 aromatic heterocycles. The maximum absolute atomic E-state index is 5.76. The minimum absolute atomic E-state index is 0.527. The molecule has 11 heavy (non-hydrogen) atoms. The summed E-state index contributed by atoms with van der Waals surface area (Å²) in [4.78, 5) is 4.41. The second-order valence-corrected chi connectivity index (χ2v) is 4.33. The van der Waals surface area contributed by atoms with Crippen LogP contribution < -0.4 is 5.73 Å². The molecular weight excluding hydrogens is 136 g/mol. The van der Waals surface area contributed by atoms with Gasteiger partial charge in [0.1, 0.15) is 0 Å². The predicted octanol–water partition coefficient (Wildman–Crippen LogP) is 1.55. The Kier molecular flexibility index (Phi) is 1.44. The van der Waals surface area contributed by atoms with Crippen LogP contribution in [0.5, 0.6) is 0 Å². The molecule has 0 unspecified atom stereocenters. The van der Waals surface area contributed by atoms with E-state index in [0.29, 0.717) is 11.3 Å². The first-order valence-electron chi connectivity index (χ1n) is 4.49. The molecule has 2 N–H and O–H groups in total. The van der Waals surface area contributed by atoms with Crippen LogP contribution in [0, 0.1) is 11.3 Å². The molecule has 0 aliphatic heterocycles. The summed E-state index contributed by atoms with van der Waals surface area (Å²) >= 11 is 0. The highest BCUT2D eigenvalue weighted by molar-refractivity contribution is 5.84. The zero-order valence-electron chi connectivity index (χ0n) is 7.14. The average molecular weight is 152 g/mol. The Morgan fingerprint density at radius 1 is 1.55 bits per heavy atom. The third-order valence-electron chi connectivity index (χ3n) is 2.74. The molecule has 2 nitrogen and oxygen atoms in total. The van der Waals surface area contributed by atoms with Gasteiger partial charge in [-0.25, -0.2) is 0 Å². The Morgan fingerprint density at radius 3 is 2.64 bits per heavy atom. The highest BCUT2D eigenvalue weighted by atomic mass is 14.9. The van der Waals surface area contributed by atoms with Crippen LogP contribution in [0.4, 0.5) is 0 Å². The fraction of sp³-hybridized carbons (Fsp3) is 0.889. The fourth-order valence-electron chi connectivity index (χ4n) is 1.16. The Hall–Kier alpha value is -0.530. The van der Waals surface area contributed by atoms with Gasteiger partial charge in [0.05, 0.1) is 5.84 Å². The van der Waals surface area contributed by atoms with E-state index in [0.717, 1.165) is 12.4 Å². The molecule has 2 heteroatoms. The average Bonchev–Trinajstić information content (AvgIpc) is 2.76. The summed E-state index contributed by atoms with van der Waals surface area (Å²) in [6.07, 6.45) is 5.22. The van der Waals surface area contributed by atoms with Crippen LogP contribution >= 0.6 is 0 Å². The number of amidine groups is 1. The van der Waals surface area contributed by atoms with E-state index < -0.39 is 0 Å². The summed E-state index contributed by atoms with van der Waals surface area (Å²) in [6, 6.07) is 0. The first kappa shape index (κ1) is 7.14. The van der Waals surface area contributed by atoms with E-state index in [1.165, 1.54) is 25.7 Å². The van der Waals surface area contributed by atoms with E-state index in [9.17, 15) is 0 Å². The van der Waals surface area contributed by atoms with Crippen molar-refractivity contribution in [3.05, 3.63) is 0 Å². The van der Waals surface area contributed by atoms with Crippen LogP contribution in [0.1, 0.15) is 32.6 Å². The number of nitrogens with two attached hydrogens (primary N) is 1. The predicted molar refractivity (Wildman–Crippen MR) is 46.6 cm³/mol. The van der Waals surface area contributed by atoms with Crippen molar-refractivity contribution in [1.82, 2.24) is 0 Å². The molecule has 0 radical (unpaired) electrons. The fourth-order valence-corrected chi connectivity index (χ4v) is 1.16. The molecule has 0 amide bonds. The number of hydrogen-bond acceptors (Lipinski definition) is 1. The number of rotatable bonds is 3. The Balaban J connectivity index is 1.82. The highest BCUT2D eigenvalue weighted by Crippen LogP contribution is 2.45. The Labute approximate surface area is 67.9 Å². The smallest absolute Gasteiger partial charge is 0.0968 e. The van der Waals surface area contributed by atoms with Gasteiger partial charge in [0, 0.05) is 12.5 Å². The lowest BCUT2D eigenvalue weighted by Gasteiger charge is -2.03. The van der Waals surface area contributed by atoms with Crippen LogP contribution in [0.2, 0.25) is 0 Å². The van der Waals surface area contributed by atoms with Crippen molar-refractivity contribution < 1.29 is 0 Å². The molecule has 0 bridgehead atoms. The standard InChI is InChI=1S/C9H16N2/c1-9(4-5-9)6-11-8(10)7-2-3-7/h7H,2-6H2,1H3,(H2,10,11). The van der Waals surface area contributed by atoms with Crippen LogP contribution in [0.3, 0.4) is 0 Å². The van der Waals surface area contributed by atoms with Gasteiger partial charge in [-0.15, -0.1) is 0 Å². The number of nitrogens with zero attached hydrogens (tertiary/aromatic N) is 1. The van der Waals surface area contributed by atoms with Crippen LogP contribution in [0.25, 0.3) is 0 Å². The lowest BCUT2D eigenvalue weighted by molar-refractivity contribution is 0.588. The van der Waals surface area contributed by atoms with Crippen molar-refractivity contribution in [2.45, 2.75) is 32.6 Å². The molecule has 62 valence electrons. The Morgan fingerprint density at radius 2 is 2.18 bits per heavy atom. The quantitative estimate of drug-likeness (QED) is 0.483. The van der Waals surface area contributed by atoms with E-state index in [1.807, 2.05) is 0 Å². The van der Waals surface area contributed by atoms with Gasteiger partial charge >= 0.3 is 0 Å². The summed E-state index contributed by atoms with van der Waals surface area (Å²) in [5.74, 6) is 1.57. The van der Waals surface area contributed by atoms with Crippen molar-refractivity contribution in [1.29, 1.82) is 0 Å². The minimum atomic E-state index is 0.527. The summed E-state index contributed by atoms with van der Waals surface area (Å²) in [6.45, 7) is 3.26. The molecule has 2 fully saturated rings. The zero-order valence-corrected chi connectivity index (χ0v) is 7.14. The topological polar surface area (TPSA) is 38.4 Å². The lowest BCUT2D eigenvalue weighted by Crippen LogP contribution is -2.16. The molecular formula is C9H16N2. The largest absolute Gasteiger partial charge is 0.387 e. The molecule has 2 rings (SSSR count). The maximum atomic E-state index is 5.76. The summed E-state index contributed by atoms with van der Waals surface area (Å²) in [5.41, 5.74) is 6.29. The normalized spacial score (nSPS) is 28.6. The van der Waals surface area contributed by atoms with Crippen molar-refractivity contribution >= 4 is 5.84 Å². The molecule has 0 aromatic rings. The number of hydrogen-bond donors (Lipinski definition) is 1. The molecule has 2 aliphatic rings. The molecule has 0 heterocycles. The maximum Gasteiger partial charge on any atom is 0.0968 e. The summed E-state index contributed by atoms with van der Waals surface area (Å²) in [5, 5.41) is 0. The second-order valence-electron chi connectivity index (χ2n) is 4.33. The van der Waals surface area contributed by atoms with E-state index in [1.54, 1.807) is 0 Å². The van der Waals surface area contributed by atoms with E-state index in [-0.39, 0.29) is 0 Å². The third-order valence-corrected chi connectivity index (χ3v) is 2.74. The molecule has 0 spiro atoms. The lowest BCUT2D eigenvalue weighted by atomic mass is 10.1. The van der Waals surface area contributed by atoms with Crippen molar-refractivity contribution in [2.24, 2.45) is 22.1 Å². The minimum Gasteiger partial charge on any atom is -0.387 e. The van der Waals surface area contributed by atoms with E-state index in [2.05, 4.69) is 11.9 Å². The van der Waals surface area contributed by atoms with Gasteiger partial charge in [-0.1, -0.05) is 6.92 Å². The molecule has 0 atom stereocenters. The first-order chi connectivity index (χ1) is 5.20. The number of aliphatic imine (C=N–C) groups is 1. The van der Waals surface area contributed by atoms with Crippen molar-refractivity contribution in [2.75, 3.05) is 6.54 Å². The second kappa shape index (κ2) is 2.23. The summed E-state index contributed by atoms with van der Waals surface area (Å²) < 4.78 is 0. The van der Waals surface area contributed by atoms with Crippen LogP contribution in [-0.4, -0.2) is 12.4 Å². The summed E-state index contributed by atoms with van der Waals surface area (Å²) in [7, 11) is 0. The van der Waals surface area contributed by atoms with Crippen molar-refractivity contribution in [3.8, 4) is 0 Å². The van der Waals surface area contributed by atoms with Crippen LogP contribution in [0.15, 0.2) is 4.99 Å². The molecule has 0 aromatic carbocycles. The van der Waals surface area contributed by atoms with Gasteiger partial charge in [0.2, 0.25) is 0 Å². The van der Waals surface area contributed by atoms with Crippen LogP contribution in [-0.2, 0) is 0 Å². The highest BCUT2D eigenvalue weighted by Gasteiger charge is 2.37. The van der Waals surface area contributed by atoms with Gasteiger partial charge in [0.25, 0.3) is 0 Å². The Bertz CT molecular complexity index is 188. The third kappa shape index (κ3) is 1.73. The van der Waals surface area contributed by atoms with Crippen molar-refractivity contribution in [3.63, 3.8) is 0 Å².